The summed E-state index contributed by atoms with van der Waals surface area (Å²) in [4.78, 5) is 45.5. The summed E-state index contributed by atoms with van der Waals surface area (Å²) in [6.07, 6.45) is 3.53. The van der Waals surface area contributed by atoms with Crippen LogP contribution in [0.5, 0.6) is 0 Å². The largest absolute Gasteiger partial charge is 0.345 e. The van der Waals surface area contributed by atoms with Crippen molar-refractivity contribution in [1.29, 1.82) is 5.26 Å². The van der Waals surface area contributed by atoms with Gasteiger partial charge in [-0.05, 0) is 96.3 Å². The van der Waals surface area contributed by atoms with Crippen LogP contribution in [-0.4, -0.2) is 106 Å². The van der Waals surface area contributed by atoms with Crippen LogP contribution in [0.4, 0.5) is 0 Å². The number of nitrogens with zero attached hydrogens (tertiary/aromatic N) is 8. The van der Waals surface area contributed by atoms with E-state index in [1.54, 1.807) is 49.9 Å². The van der Waals surface area contributed by atoms with Gasteiger partial charge in [0.25, 0.3) is 11.8 Å². The van der Waals surface area contributed by atoms with Crippen LogP contribution in [0.25, 0.3) is 0 Å². The highest BCUT2D eigenvalue weighted by Crippen LogP contribution is 2.48. The number of aromatic nitrogens is 4. The Hall–Kier alpha value is -4.63. The number of piperidine rings is 1. The minimum absolute atomic E-state index is 0.0569. The van der Waals surface area contributed by atoms with Gasteiger partial charge >= 0.3 is 0 Å². The minimum Gasteiger partial charge on any atom is -0.345 e. The summed E-state index contributed by atoms with van der Waals surface area (Å²) in [6, 6.07) is 13.7. The molecular formula is C33H39N9O3. The molecule has 45 heavy (non-hydrogen) atoms. The van der Waals surface area contributed by atoms with Crippen molar-refractivity contribution in [2.75, 3.05) is 41.3 Å². The van der Waals surface area contributed by atoms with E-state index in [0.29, 0.717) is 48.7 Å². The van der Waals surface area contributed by atoms with Crippen LogP contribution in [0.3, 0.4) is 0 Å². The summed E-state index contributed by atoms with van der Waals surface area (Å²) >= 11 is 0. The third-order valence-electron chi connectivity index (χ3n) is 9.48. The quantitative estimate of drug-likeness (QED) is 0.380. The number of tetrazole rings is 1. The fourth-order valence-electron chi connectivity index (χ4n) is 7.20. The van der Waals surface area contributed by atoms with Crippen molar-refractivity contribution in [3.63, 3.8) is 0 Å². The number of carbonyl (C=O) groups excluding carboxylic acids is 3. The number of fused-ring (bicyclic) bond motifs is 3. The maximum atomic E-state index is 13.2. The molecule has 0 bridgehead atoms. The summed E-state index contributed by atoms with van der Waals surface area (Å²) in [7, 11) is 8.66. The Bertz CT molecular complexity index is 1630. The van der Waals surface area contributed by atoms with Crippen LogP contribution in [-0.2, 0) is 30.1 Å². The van der Waals surface area contributed by atoms with Crippen LogP contribution in [0.15, 0.2) is 36.4 Å². The van der Waals surface area contributed by atoms with E-state index in [0.717, 1.165) is 35.1 Å². The Kier molecular flexibility index (Phi) is 7.91. The van der Waals surface area contributed by atoms with Gasteiger partial charge in [0.1, 0.15) is 6.04 Å². The number of amides is 3. The van der Waals surface area contributed by atoms with Crippen molar-refractivity contribution in [1.82, 2.24) is 40.2 Å². The van der Waals surface area contributed by atoms with Gasteiger partial charge in [-0.1, -0.05) is 12.1 Å². The lowest BCUT2D eigenvalue weighted by molar-refractivity contribution is -0.131. The first-order chi connectivity index (χ1) is 21.5. The molecule has 1 saturated heterocycles. The Balaban J connectivity index is 1.41. The lowest BCUT2D eigenvalue weighted by atomic mass is 9.69. The van der Waals surface area contributed by atoms with E-state index in [4.69, 9.17) is 5.10 Å². The molecule has 2 fully saturated rings. The zero-order chi connectivity index (χ0) is 32.0. The van der Waals surface area contributed by atoms with Gasteiger partial charge in [-0.25, -0.2) is 0 Å². The van der Waals surface area contributed by atoms with Crippen LogP contribution in [0.1, 0.15) is 68.1 Å². The van der Waals surface area contributed by atoms with Crippen molar-refractivity contribution in [3.05, 3.63) is 75.6 Å². The smallest absolute Gasteiger partial charge is 0.253 e. The second kappa shape index (κ2) is 11.7. The van der Waals surface area contributed by atoms with E-state index < -0.39 is 5.41 Å². The van der Waals surface area contributed by atoms with E-state index >= 15 is 0 Å². The molecule has 2 aliphatic carbocycles. The van der Waals surface area contributed by atoms with Crippen LogP contribution >= 0.6 is 0 Å². The van der Waals surface area contributed by atoms with Crippen LogP contribution < -0.4 is 5.32 Å². The van der Waals surface area contributed by atoms with Gasteiger partial charge in [0, 0.05) is 45.4 Å². The number of carbonyl (C=O) groups is 3. The van der Waals surface area contributed by atoms with Crippen molar-refractivity contribution >= 4 is 17.7 Å². The van der Waals surface area contributed by atoms with Gasteiger partial charge in [-0.3, -0.25) is 14.4 Å². The second-order valence-electron chi connectivity index (χ2n) is 12.8. The molecular weight excluding hydrogens is 570 g/mol. The maximum Gasteiger partial charge on any atom is 0.253 e. The SMILES string of the molecule is CN(C)C(=O)c1ccc2c(c1)CCc1cc(C(=O)N(C)C)ccc1C2(CCNCC(=O)N1[C@H](C#N)C[C@@H]2C[C@@H]21)c1nnn(C)n1. The van der Waals surface area contributed by atoms with E-state index in [-0.39, 0.29) is 36.3 Å². The molecule has 12 nitrogen and oxygen atoms in total. The number of likely N-dealkylation sites (tertiary alicyclic amines) is 1. The molecule has 0 radical (unpaired) electrons. The predicted molar refractivity (Wildman–Crippen MR) is 165 cm³/mol. The first-order valence-electron chi connectivity index (χ1n) is 15.4. The van der Waals surface area contributed by atoms with Gasteiger partial charge < -0.3 is 20.0 Å². The number of hydrogen-bond acceptors (Lipinski definition) is 8. The lowest BCUT2D eigenvalue weighted by Crippen LogP contribution is -2.44. The number of aryl methyl sites for hydroxylation is 3. The molecule has 0 spiro atoms. The van der Waals surface area contributed by atoms with E-state index in [1.807, 2.05) is 36.4 Å². The Labute approximate surface area is 263 Å². The number of rotatable bonds is 8. The zero-order valence-corrected chi connectivity index (χ0v) is 26.4. The monoisotopic (exact) mass is 609 g/mol. The molecule has 12 heteroatoms. The molecule has 2 heterocycles. The van der Waals surface area contributed by atoms with Gasteiger partial charge in [-0.15, -0.1) is 10.2 Å². The number of hydrogen-bond donors (Lipinski definition) is 1. The third-order valence-corrected chi connectivity index (χ3v) is 9.48. The third kappa shape index (κ3) is 5.35. The van der Waals surface area contributed by atoms with Crippen molar-refractivity contribution in [2.24, 2.45) is 13.0 Å². The molecule has 6 rings (SSSR count). The van der Waals surface area contributed by atoms with Gasteiger partial charge in [0.05, 0.1) is 25.1 Å². The normalized spacial score (nSPS) is 20.7. The highest BCUT2D eigenvalue weighted by Gasteiger charge is 2.54. The Morgan fingerprint density at radius 2 is 1.58 bits per heavy atom. The molecule has 1 saturated carbocycles. The van der Waals surface area contributed by atoms with Crippen molar-refractivity contribution in [3.8, 4) is 6.07 Å². The molecule has 3 atom stereocenters. The summed E-state index contributed by atoms with van der Waals surface area (Å²) < 4.78 is 0. The van der Waals surface area contributed by atoms with Gasteiger partial charge in [0.15, 0.2) is 5.82 Å². The highest BCUT2D eigenvalue weighted by molar-refractivity contribution is 5.95. The molecule has 1 aromatic heterocycles. The van der Waals surface area contributed by atoms with Crippen molar-refractivity contribution in [2.45, 2.75) is 49.6 Å². The second-order valence-corrected chi connectivity index (χ2v) is 12.8. The predicted octanol–water partition coefficient (Wildman–Crippen LogP) is 1.54. The summed E-state index contributed by atoms with van der Waals surface area (Å²) in [5, 5.41) is 26.4. The Morgan fingerprint density at radius 1 is 0.978 bits per heavy atom. The lowest BCUT2D eigenvalue weighted by Gasteiger charge is -2.34. The molecule has 3 aliphatic rings. The number of nitriles is 1. The van der Waals surface area contributed by atoms with Crippen LogP contribution in [0.2, 0.25) is 0 Å². The topological polar surface area (TPSA) is 140 Å². The van der Waals surface area contributed by atoms with Crippen LogP contribution in [0, 0.1) is 17.2 Å². The molecule has 0 unspecified atom stereocenters. The summed E-state index contributed by atoms with van der Waals surface area (Å²) in [5.41, 5.74) is 4.23. The minimum atomic E-state index is -0.880. The standard InChI is InChI=1S/C33H39N9O3/c1-39(2)30(44)22-8-10-26-20(14-22)6-7-21-15-23(31(45)40(3)4)9-11-27(21)33(26,32-36-38-41(5)37-32)12-13-35-19-29(43)42-25(18-34)16-24-17-28(24)42/h8-11,14-15,24-25,28,35H,6-7,12-13,16-17,19H2,1-5H3/t24-,25+,28+/m1/s1. The molecule has 3 aromatic rings. The molecule has 1 N–H and O–H groups in total. The average molecular weight is 610 g/mol. The summed E-state index contributed by atoms with van der Waals surface area (Å²) in [6.45, 7) is 0.566. The van der Waals surface area contributed by atoms with E-state index in [2.05, 4.69) is 21.7 Å². The fourth-order valence-corrected chi connectivity index (χ4v) is 7.20. The van der Waals surface area contributed by atoms with E-state index in [9.17, 15) is 19.6 Å². The Morgan fingerprint density at radius 3 is 2.09 bits per heavy atom. The molecule has 2 aromatic carbocycles. The maximum absolute atomic E-state index is 13.2. The van der Waals surface area contributed by atoms with Gasteiger partial charge in [0.2, 0.25) is 5.91 Å². The van der Waals surface area contributed by atoms with E-state index in [1.165, 1.54) is 4.80 Å². The number of benzene rings is 2. The zero-order valence-electron chi connectivity index (χ0n) is 26.4. The summed E-state index contributed by atoms with van der Waals surface area (Å²) in [5.74, 6) is 0.733. The molecule has 3 amide bonds. The first kappa shape index (κ1) is 30.4. The van der Waals surface area contributed by atoms with Gasteiger partial charge in [-0.2, -0.15) is 10.1 Å². The fraction of sp³-hybridized carbons (Fsp3) is 0.485. The first-order valence-corrected chi connectivity index (χ1v) is 15.4. The highest BCUT2D eigenvalue weighted by atomic mass is 16.2. The van der Waals surface area contributed by atoms with Crippen molar-refractivity contribution < 1.29 is 14.4 Å². The molecule has 1 aliphatic heterocycles. The average Bonchev–Trinajstić information content (AvgIpc) is 3.52. The molecule has 234 valence electrons. The number of nitrogens with one attached hydrogen (secondary N) is 1.